The minimum atomic E-state index is -4.84. The van der Waals surface area contributed by atoms with Gasteiger partial charge in [0.25, 0.3) is 0 Å². The molecule has 26 heavy (non-hydrogen) atoms. The summed E-state index contributed by atoms with van der Waals surface area (Å²) in [6, 6.07) is 2.83. The van der Waals surface area contributed by atoms with E-state index in [1.165, 1.54) is 0 Å². The van der Waals surface area contributed by atoms with Crippen molar-refractivity contribution in [2.24, 2.45) is 0 Å². The van der Waals surface area contributed by atoms with Crippen molar-refractivity contribution in [3.8, 4) is 0 Å². The summed E-state index contributed by atoms with van der Waals surface area (Å²) in [6.45, 7) is 0. The van der Waals surface area contributed by atoms with E-state index in [-0.39, 0.29) is 12.0 Å². The van der Waals surface area contributed by atoms with Gasteiger partial charge in [0.2, 0.25) is 0 Å². The molecule has 2 rings (SSSR count). The van der Waals surface area contributed by atoms with Gasteiger partial charge in [-0.25, -0.2) is 13.6 Å². The molecule has 0 atom stereocenters. The van der Waals surface area contributed by atoms with Crippen LogP contribution in [0.4, 0.5) is 33.3 Å². The van der Waals surface area contributed by atoms with Crippen molar-refractivity contribution in [1.29, 1.82) is 0 Å². The zero-order valence-electron chi connectivity index (χ0n) is 12.9. The second kappa shape index (κ2) is 7.28. The van der Waals surface area contributed by atoms with Crippen LogP contribution in [0.25, 0.3) is 0 Å². The number of carbonyl (C=O) groups excluding carboxylic acids is 2. The molecule has 0 saturated carbocycles. The molecule has 0 unspecified atom stereocenters. The molecular formula is C16H9ClF5NO3. The monoisotopic (exact) mass is 393 g/mol. The SMILES string of the molecule is COC(=O)c1cc(Cl)c(C(F)(F)F)cc1Nc1ccc(F)c(F)c1C=O. The van der Waals surface area contributed by atoms with Crippen molar-refractivity contribution >= 4 is 35.2 Å². The van der Waals surface area contributed by atoms with Gasteiger partial charge in [-0.15, -0.1) is 0 Å². The molecular weight excluding hydrogens is 385 g/mol. The van der Waals surface area contributed by atoms with E-state index in [1.54, 1.807) is 0 Å². The lowest BCUT2D eigenvalue weighted by Gasteiger charge is -2.17. The molecule has 0 aromatic heterocycles. The third-order valence-corrected chi connectivity index (χ3v) is 3.65. The number of hydrogen-bond donors (Lipinski definition) is 1. The first-order valence-corrected chi connectivity index (χ1v) is 7.17. The van der Waals surface area contributed by atoms with Gasteiger partial charge in [0, 0.05) is 0 Å². The summed E-state index contributed by atoms with van der Waals surface area (Å²) < 4.78 is 70.5. The van der Waals surface area contributed by atoms with Gasteiger partial charge in [-0.05, 0) is 24.3 Å². The molecule has 0 amide bonds. The van der Waals surface area contributed by atoms with Crippen molar-refractivity contribution in [3.63, 3.8) is 0 Å². The molecule has 1 N–H and O–H groups in total. The van der Waals surface area contributed by atoms with E-state index in [1.807, 2.05) is 0 Å². The van der Waals surface area contributed by atoms with Crippen molar-refractivity contribution in [2.45, 2.75) is 6.18 Å². The third-order valence-electron chi connectivity index (χ3n) is 3.34. The molecule has 2 aromatic rings. The molecule has 0 aliphatic rings. The first-order chi connectivity index (χ1) is 12.1. The molecule has 0 radical (unpaired) electrons. The topological polar surface area (TPSA) is 55.4 Å². The van der Waals surface area contributed by atoms with Gasteiger partial charge in [-0.3, -0.25) is 4.79 Å². The Bertz CT molecular complexity index is 883. The van der Waals surface area contributed by atoms with Gasteiger partial charge < -0.3 is 10.1 Å². The zero-order valence-corrected chi connectivity index (χ0v) is 13.6. The molecule has 2 aromatic carbocycles. The Balaban J connectivity index is 2.66. The lowest BCUT2D eigenvalue weighted by molar-refractivity contribution is -0.137. The van der Waals surface area contributed by atoms with Crippen molar-refractivity contribution in [3.05, 3.63) is 57.6 Å². The lowest BCUT2D eigenvalue weighted by atomic mass is 10.1. The molecule has 0 fully saturated rings. The van der Waals surface area contributed by atoms with Crippen LogP contribution < -0.4 is 5.32 Å². The number of ether oxygens (including phenoxy) is 1. The van der Waals surface area contributed by atoms with Crippen LogP contribution in [0.1, 0.15) is 26.3 Å². The van der Waals surface area contributed by atoms with Crippen molar-refractivity contribution in [1.82, 2.24) is 0 Å². The maximum absolute atomic E-state index is 13.7. The zero-order chi connectivity index (χ0) is 19.6. The predicted molar refractivity (Wildman–Crippen MR) is 82.8 cm³/mol. The van der Waals surface area contributed by atoms with E-state index in [4.69, 9.17) is 11.6 Å². The number of carbonyl (C=O) groups is 2. The maximum Gasteiger partial charge on any atom is 0.417 e. The molecule has 0 heterocycles. The number of nitrogens with one attached hydrogen (secondary N) is 1. The molecule has 0 aliphatic heterocycles. The van der Waals surface area contributed by atoms with E-state index in [0.717, 1.165) is 19.2 Å². The predicted octanol–water partition coefficient (Wildman–Crippen LogP) is 4.98. The Morgan fingerprint density at radius 3 is 2.38 bits per heavy atom. The van der Waals surface area contributed by atoms with Gasteiger partial charge in [0.05, 0.1) is 40.2 Å². The highest BCUT2D eigenvalue weighted by atomic mass is 35.5. The summed E-state index contributed by atoms with van der Waals surface area (Å²) in [5, 5.41) is 1.56. The smallest absolute Gasteiger partial charge is 0.417 e. The maximum atomic E-state index is 13.7. The van der Waals surface area contributed by atoms with Gasteiger partial charge in [-0.1, -0.05) is 11.6 Å². The minimum absolute atomic E-state index is 0.0147. The molecule has 0 bridgehead atoms. The number of alkyl halides is 3. The van der Waals surface area contributed by atoms with Crippen LogP contribution >= 0.6 is 11.6 Å². The fourth-order valence-electron chi connectivity index (χ4n) is 2.11. The summed E-state index contributed by atoms with van der Waals surface area (Å²) in [5.41, 5.74) is -3.23. The largest absolute Gasteiger partial charge is 0.465 e. The average molecular weight is 394 g/mol. The summed E-state index contributed by atoms with van der Waals surface area (Å²) in [6.07, 6.45) is -4.86. The summed E-state index contributed by atoms with van der Waals surface area (Å²) >= 11 is 5.57. The number of esters is 1. The molecule has 10 heteroatoms. The van der Waals surface area contributed by atoms with Crippen LogP contribution in [0, 0.1) is 11.6 Å². The van der Waals surface area contributed by atoms with E-state index >= 15 is 0 Å². The van der Waals surface area contributed by atoms with E-state index < -0.39 is 51.2 Å². The quantitative estimate of drug-likeness (QED) is 0.452. The Morgan fingerprint density at radius 1 is 1.19 bits per heavy atom. The molecule has 0 spiro atoms. The number of methoxy groups -OCH3 is 1. The van der Waals surface area contributed by atoms with Crippen molar-refractivity contribution < 1.29 is 36.3 Å². The highest BCUT2D eigenvalue weighted by Crippen LogP contribution is 2.39. The second-order valence-corrected chi connectivity index (χ2v) is 5.34. The Morgan fingerprint density at radius 2 is 1.85 bits per heavy atom. The van der Waals surface area contributed by atoms with Crippen LogP contribution in [-0.4, -0.2) is 19.4 Å². The number of halogens is 6. The van der Waals surface area contributed by atoms with Crippen LogP contribution in [0.2, 0.25) is 5.02 Å². The number of anilines is 2. The Kier molecular flexibility index (Phi) is 5.50. The average Bonchev–Trinajstić information content (AvgIpc) is 2.57. The first kappa shape index (κ1) is 19.6. The Hall–Kier alpha value is -2.68. The molecule has 0 saturated heterocycles. The lowest BCUT2D eigenvalue weighted by Crippen LogP contribution is -2.12. The molecule has 0 aliphatic carbocycles. The summed E-state index contributed by atoms with van der Waals surface area (Å²) in [5.74, 6) is -3.84. The van der Waals surface area contributed by atoms with Gasteiger partial charge in [0.15, 0.2) is 17.9 Å². The highest BCUT2D eigenvalue weighted by molar-refractivity contribution is 6.32. The second-order valence-electron chi connectivity index (χ2n) is 4.93. The number of hydrogen-bond acceptors (Lipinski definition) is 4. The van der Waals surface area contributed by atoms with Gasteiger partial charge in [0.1, 0.15) is 0 Å². The summed E-state index contributed by atoms with van der Waals surface area (Å²) in [4.78, 5) is 22.8. The van der Waals surface area contributed by atoms with Gasteiger partial charge in [-0.2, -0.15) is 13.2 Å². The van der Waals surface area contributed by atoms with E-state index in [2.05, 4.69) is 10.1 Å². The number of aldehydes is 1. The number of rotatable bonds is 4. The van der Waals surface area contributed by atoms with E-state index in [9.17, 15) is 31.5 Å². The third kappa shape index (κ3) is 3.77. The molecule has 4 nitrogen and oxygen atoms in total. The molecule has 138 valence electrons. The van der Waals surface area contributed by atoms with E-state index in [0.29, 0.717) is 12.1 Å². The highest BCUT2D eigenvalue weighted by Gasteiger charge is 2.35. The fourth-order valence-corrected chi connectivity index (χ4v) is 2.38. The van der Waals surface area contributed by atoms with Crippen LogP contribution in [-0.2, 0) is 10.9 Å². The minimum Gasteiger partial charge on any atom is -0.465 e. The Labute approximate surface area is 148 Å². The van der Waals surface area contributed by atoms with Crippen LogP contribution in [0.15, 0.2) is 24.3 Å². The standard InChI is InChI=1S/C16H9ClF5NO3/c1-26-15(25)7-4-10(17)9(16(20,21)22)5-13(7)23-12-3-2-11(18)14(19)8(12)6-24/h2-6,23H,1H3. The fraction of sp³-hybridized carbons (Fsp3) is 0.125. The first-order valence-electron chi connectivity index (χ1n) is 6.79. The van der Waals surface area contributed by atoms with Crippen molar-refractivity contribution in [2.75, 3.05) is 12.4 Å². The van der Waals surface area contributed by atoms with Crippen LogP contribution in [0.5, 0.6) is 0 Å². The number of benzene rings is 2. The normalized spacial score (nSPS) is 11.2. The summed E-state index contributed by atoms with van der Waals surface area (Å²) in [7, 11) is 0.992. The van der Waals surface area contributed by atoms with Crippen LogP contribution in [0.3, 0.4) is 0 Å². The van der Waals surface area contributed by atoms with Gasteiger partial charge >= 0.3 is 12.1 Å².